The Kier molecular flexibility index (Phi) is 4.10. The summed E-state index contributed by atoms with van der Waals surface area (Å²) in [6.07, 6.45) is 0. The molecule has 1 aromatic rings. The summed E-state index contributed by atoms with van der Waals surface area (Å²) < 4.78 is 0. The standard InChI is InChI=1S/C15H23N3O/c1-12-5-6-14(13(11-12)15(19)16(2)3)18-9-7-17(4)8-10-18/h5-6,11H,7-10H2,1-4H3. The van der Waals surface area contributed by atoms with E-state index in [1.165, 1.54) is 0 Å². The maximum Gasteiger partial charge on any atom is 0.255 e. The minimum Gasteiger partial charge on any atom is -0.368 e. The number of rotatable bonds is 2. The average Bonchev–Trinajstić information content (AvgIpc) is 2.39. The van der Waals surface area contributed by atoms with E-state index in [9.17, 15) is 4.79 Å². The van der Waals surface area contributed by atoms with Crippen molar-refractivity contribution < 1.29 is 4.79 Å². The quantitative estimate of drug-likeness (QED) is 0.806. The molecule has 1 amide bonds. The Bertz CT molecular complexity index is 462. The largest absolute Gasteiger partial charge is 0.368 e. The first-order valence-electron chi connectivity index (χ1n) is 6.75. The third-order valence-electron chi connectivity index (χ3n) is 3.63. The molecular formula is C15H23N3O. The number of carbonyl (C=O) groups is 1. The highest BCUT2D eigenvalue weighted by atomic mass is 16.2. The van der Waals surface area contributed by atoms with Gasteiger partial charge in [-0.25, -0.2) is 0 Å². The van der Waals surface area contributed by atoms with Gasteiger partial charge in [0.1, 0.15) is 0 Å². The molecule has 1 fully saturated rings. The first-order valence-corrected chi connectivity index (χ1v) is 6.75. The van der Waals surface area contributed by atoms with Crippen molar-refractivity contribution in [3.8, 4) is 0 Å². The molecule has 104 valence electrons. The molecule has 1 aliphatic heterocycles. The Hall–Kier alpha value is -1.55. The Morgan fingerprint density at radius 3 is 2.37 bits per heavy atom. The van der Waals surface area contributed by atoms with Gasteiger partial charge in [-0.05, 0) is 26.1 Å². The SMILES string of the molecule is Cc1ccc(N2CCN(C)CC2)c(C(=O)N(C)C)c1. The fraction of sp³-hybridized carbons (Fsp3) is 0.533. The van der Waals surface area contributed by atoms with Gasteiger partial charge in [0.15, 0.2) is 0 Å². The van der Waals surface area contributed by atoms with Gasteiger partial charge >= 0.3 is 0 Å². The van der Waals surface area contributed by atoms with Crippen LogP contribution in [0.4, 0.5) is 5.69 Å². The van der Waals surface area contributed by atoms with Gasteiger partial charge in [-0.1, -0.05) is 11.6 Å². The van der Waals surface area contributed by atoms with Crippen LogP contribution in [0.15, 0.2) is 18.2 Å². The lowest BCUT2D eigenvalue weighted by Crippen LogP contribution is -2.45. The zero-order chi connectivity index (χ0) is 14.0. The maximum atomic E-state index is 12.3. The molecule has 1 aromatic carbocycles. The number of likely N-dealkylation sites (N-methyl/N-ethyl adjacent to an activating group) is 1. The summed E-state index contributed by atoms with van der Waals surface area (Å²) in [5, 5.41) is 0. The van der Waals surface area contributed by atoms with Crippen LogP contribution in [0.25, 0.3) is 0 Å². The van der Waals surface area contributed by atoms with Crippen molar-refractivity contribution in [3.63, 3.8) is 0 Å². The van der Waals surface area contributed by atoms with Crippen LogP contribution in [0.5, 0.6) is 0 Å². The van der Waals surface area contributed by atoms with Gasteiger partial charge < -0.3 is 14.7 Å². The Labute approximate surface area is 115 Å². The van der Waals surface area contributed by atoms with E-state index >= 15 is 0 Å². The van der Waals surface area contributed by atoms with Gasteiger partial charge in [0.25, 0.3) is 5.91 Å². The van der Waals surface area contributed by atoms with Gasteiger partial charge in [-0.15, -0.1) is 0 Å². The smallest absolute Gasteiger partial charge is 0.255 e. The summed E-state index contributed by atoms with van der Waals surface area (Å²) in [5.41, 5.74) is 3.01. The zero-order valence-corrected chi connectivity index (χ0v) is 12.3. The van der Waals surface area contributed by atoms with Crippen LogP contribution in [0.1, 0.15) is 15.9 Å². The number of aryl methyl sites for hydroxylation is 1. The third kappa shape index (κ3) is 3.07. The summed E-state index contributed by atoms with van der Waals surface area (Å²) in [7, 11) is 5.75. The first kappa shape index (κ1) is 13.9. The van der Waals surface area contributed by atoms with Crippen LogP contribution in [0.3, 0.4) is 0 Å². The van der Waals surface area contributed by atoms with Crippen molar-refractivity contribution in [2.24, 2.45) is 0 Å². The van der Waals surface area contributed by atoms with E-state index in [2.05, 4.69) is 29.0 Å². The number of piperazine rings is 1. The molecule has 0 bridgehead atoms. The Balaban J connectivity index is 2.31. The average molecular weight is 261 g/mol. The summed E-state index contributed by atoms with van der Waals surface area (Å²) in [6.45, 7) is 6.08. The molecule has 1 heterocycles. The topological polar surface area (TPSA) is 26.8 Å². The second-order valence-electron chi connectivity index (χ2n) is 5.51. The predicted octanol–water partition coefficient (Wildman–Crippen LogP) is 1.45. The molecular weight excluding hydrogens is 238 g/mol. The van der Waals surface area contributed by atoms with Crippen molar-refractivity contribution in [3.05, 3.63) is 29.3 Å². The van der Waals surface area contributed by atoms with Gasteiger partial charge in [0.2, 0.25) is 0 Å². The number of anilines is 1. The van der Waals surface area contributed by atoms with Crippen LogP contribution in [-0.4, -0.2) is 63.0 Å². The lowest BCUT2D eigenvalue weighted by atomic mass is 10.1. The molecule has 0 aliphatic carbocycles. The summed E-state index contributed by atoms with van der Waals surface area (Å²) in [6, 6.07) is 6.16. The number of amides is 1. The minimum atomic E-state index is 0.0811. The monoisotopic (exact) mass is 261 g/mol. The van der Waals surface area contributed by atoms with Gasteiger partial charge in [0.05, 0.1) is 5.56 Å². The van der Waals surface area contributed by atoms with E-state index in [-0.39, 0.29) is 5.91 Å². The summed E-state index contributed by atoms with van der Waals surface area (Å²) >= 11 is 0. The van der Waals surface area contributed by atoms with Crippen molar-refractivity contribution in [2.75, 3.05) is 52.2 Å². The van der Waals surface area contributed by atoms with Gasteiger partial charge in [-0.3, -0.25) is 4.79 Å². The Morgan fingerprint density at radius 1 is 1.16 bits per heavy atom. The third-order valence-corrected chi connectivity index (χ3v) is 3.63. The number of nitrogens with zero attached hydrogens (tertiary/aromatic N) is 3. The molecule has 0 aromatic heterocycles. The molecule has 4 heteroatoms. The van der Waals surface area contributed by atoms with Gasteiger partial charge in [-0.2, -0.15) is 0 Å². The first-order chi connectivity index (χ1) is 8.99. The highest BCUT2D eigenvalue weighted by Gasteiger charge is 2.20. The molecule has 0 unspecified atom stereocenters. The molecule has 19 heavy (non-hydrogen) atoms. The number of hydrogen-bond acceptors (Lipinski definition) is 3. The fourth-order valence-electron chi connectivity index (χ4n) is 2.39. The molecule has 0 saturated carbocycles. The van der Waals surface area contributed by atoms with Crippen LogP contribution in [0, 0.1) is 6.92 Å². The summed E-state index contributed by atoms with van der Waals surface area (Å²) in [4.78, 5) is 18.6. The van der Waals surface area contributed by atoms with Crippen molar-refractivity contribution in [1.82, 2.24) is 9.80 Å². The number of carbonyl (C=O) groups excluding carboxylic acids is 1. The molecule has 2 rings (SSSR count). The van der Waals surface area contributed by atoms with Gasteiger partial charge in [0, 0.05) is 46.0 Å². The van der Waals surface area contributed by atoms with Crippen LogP contribution in [0.2, 0.25) is 0 Å². The molecule has 1 saturated heterocycles. The normalized spacial score (nSPS) is 16.5. The molecule has 0 N–H and O–H groups in total. The molecule has 0 atom stereocenters. The highest BCUT2D eigenvalue weighted by Crippen LogP contribution is 2.24. The molecule has 1 aliphatic rings. The molecule has 0 radical (unpaired) electrons. The van der Waals surface area contributed by atoms with Crippen LogP contribution >= 0.6 is 0 Å². The van der Waals surface area contributed by atoms with E-state index in [0.29, 0.717) is 0 Å². The Morgan fingerprint density at radius 2 is 1.79 bits per heavy atom. The van der Waals surface area contributed by atoms with E-state index < -0.39 is 0 Å². The predicted molar refractivity (Wildman–Crippen MR) is 78.9 cm³/mol. The lowest BCUT2D eigenvalue weighted by molar-refractivity contribution is 0.0828. The van der Waals surface area contributed by atoms with E-state index in [1.54, 1.807) is 19.0 Å². The fourth-order valence-corrected chi connectivity index (χ4v) is 2.39. The lowest BCUT2D eigenvalue weighted by Gasteiger charge is -2.35. The molecule has 0 spiro atoms. The second-order valence-corrected chi connectivity index (χ2v) is 5.51. The zero-order valence-electron chi connectivity index (χ0n) is 12.3. The minimum absolute atomic E-state index is 0.0811. The molecule has 4 nitrogen and oxygen atoms in total. The van der Waals surface area contributed by atoms with Crippen molar-refractivity contribution >= 4 is 11.6 Å². The van der Waals surface area contributed by atoms with Crippen molar-refractivity contribution in [2.45, 2.75) is 6.92 Å². The number of benzene rings is 1. The van der Waals surface area contributed by atoms with E-state index in [1.807, 2.05) is 13.0 Å². The number of hydrogen-bond donors (Lipinski definition) is 0. The van der Waals surface area contributed by atoms with Crippen LogP contribution < -0.4 is 4.90 Å². The maximum absolute atomic E-state index is 12.3. The van der Waals surface area contributed by atoms with E-state index in [4.69, 9.17) is 0 Å². The second kappa shape index (κ2) is 5.61. The summed E-state index contributed by atoms with van der Waals surface area (Å²) in [5.74, 6) is 0.0811. The van der Waals surface area contributed by atoms with Crippen molar-refractivity contribution in [1.29, 1.82) is 0 Å². The van der Waals surface area contributed by atoms with Crippen LogP contribution in [-0.2, 0) is 0 Å². The van der Waals surface area contributed by atoms with E-state index in [0.717, 1.165) is 43.0 Å². The highest BCUT2D eigenvalue weighted by molar-refractivity contribution is 5.99.